The molecule has 11 heteroatoms. The molecule has 39 heavy (non-hydrogen) atoms. The monoisotopic (exact) mass is 558 g/mol. The van der Waals surface area contributed by atoms with E-state index in [9.17, 15) is 26.3 Å². The largest absolute Gasteiger partial charge is 0.416 e. The highest BCUT2D eigenvalue weighted by Crippen LogP contribution is 2.36. The fourth-order valence-corrected chi connectivity index (χ4v) is 4.15. The van der Waals surface area contributed by atoms with E-state index in [1.165, 1.54) is 0 Å². The molecule has 1 fully saturated rings. The minimum absolute atomic E-state index is 0.119. The molecule has 2 atom stereocenters. The zero-order chi connectivity index (χ0) is 28.5. The van der Waals surface area contributed by atoms with Gasteiger partial charge in [-0.3, -0.25) is 9.80 Å². The van der Waals surface area contributed by atoms with Crippen LogP contribution in [0.1, 0.15) is 28.3 Å². The third-order valence-electron chi connectivity index (χ3n) is 6.21. The molecule has 0 saturated carbocycles. The van der Waals surface area contributed by atoms with Crippen LogP contribution in [0, 0.1) is 11.8 Å². The third kappa shape index (κ3) is 9.51. The van der Waals surface area contributed by atoms with Crippen LogP contribution in [0.5, 0.6) is 0 Å². The van der Waals surface area contributed by atoms with E-state index in [4.69, 9.17) is 14.2 Å². The molecule has 0 spiro atoms. The Morgan fingerprint density at radius 3 is 2.26 bits per heavy atom. The predicted molar refractivity (Wildman–Crippen MR) is 134 cm³/mol. The quantitative estimate of drug-likeness (QED) is 0.294. The first-order valence-electron chi connectivity index (χ1n) is 12.4. The molecule has 2 aromatic rings. The van der Waals surface area contributed by atoms with Crippen molar-refractivity contribution in [3.05, 3.63) is 70.8 Å². The Morgan fingerprint density at radius 1 is 0.974 bits per heavy atom. The molecule has 5 nitrogen and oxygen atoms in total. The smallest absolute Gasteiger partial charge is 0.383 e. The van der Waals surface area contributed by atoms with Crippen LogP contribution >= 0.6 is 0 Å². The maximum absolute atomic E-state index is 13.2. The summed E-state index contributed by atoms with van der Waals surface area (Å²) in [6.07, 6.45) is -10.7. The highest BCUT2D eigenvalue weighted by Gasteiger charge is 2.37. The second kappa shape index (κ2) is 14.1. The van der Waals surface area contributed by atoms with Crippen molar-refractivity contribution in [2.24, 2.45) is 0 Å². The summed E-state index contributed by atoms with van der Waals surface area (Å²) in [5.74, 6) is 6.32. The number of halogens is 6. The van der Waals surface area contributed by atoms with Gasteiger partial charge in [0.2, 0.25) is 0 Å². The molecule has 1 saturated heterocycles. The van der Waals surface area contributed by atoms with E-state index in [0.29, 0.717) is 32.8 Å². The van der Waals surface area contributed by atoms with Crippen LogP contribution in [0.2, 0.25) is 0 Å². The number of ether oxygens (including phenoxy) is 3. The molecule has 1 heterocycles. The van der Waals surface area contributed by atoms with E-state index in [1.807, 2.05) is 42.3 Å². The lowest BCUT2D eigenvalue weighted by Crippen LogP contribution is -2.46. The molecule has 0 bridgehead atoms. The van der Waals surface area contributed by atoms with E-state index < -0.39 is 29.8 Å². The first kappa shape index (κ1) is 30.9. The number of hydrogen-bond acceptors (Lipinski definition) is 5. The molecular weight excluding hydrogens is 526 g/mol. The first-order chi connectivity index (χ1) is 18.5. The lowest BCUT2D eigenvalue weighted by molar-refractivity contribution is -0.208. The normalized spacial score (nSPS) is 18.7. The molecule has 0 unspecified atom stereocenters. The van der Waals surface area contributed by atoms with Gasteiger partial charge in [0.25, 0.3) is 0 Å². The Kier molecular flexibility index (Phi) is 11.2. The van der Waals surface area contributed by atoms with Crippen molar-refractivity contribution < 1.29 is 40.6 Å². The van der Waals surface area contributed by atoms with Crippen LogP contribution < -0.4 is 0 Å². The summed E-state index contributed by atoms with van der Waals surface area (Å²) in [6.45, 7) is 3.15. The number of benzene rings is 2. The lowest BCUT2D eigenvalue weighted by atomic mass is 10.0. The molecule has 1 aliphatic rings. The van der Waals surface area contributed by atoms with Gasteiger partial charge in [0.1, 0.15) is 0 Å². The maximum Gasteiger partial charge on any atom is 0.416 e. The van der Waals surface area contributed by atoms with Crippen LogP contribution in [-0.2, 0) is 33.0 Å². The molecule has 0 aliphatic carbocycles. The van der Waals surface area contributed by atoms with Gasteiger partial charge in [-0.25, -0.2) is 0 Å². The van der Waals surface area contributed by atoms with E-state index in [0.717, 1.165) is 24.2 Å². The Balaban J connectivity index is 1.71. The minimum atomic E-state index is -4.90. The topological polar surface area (TPSA) is 34.2 Å². The Morgan fingerprint density at radius 2 is 1.64 bits per heavy atom. The van der Waals surface area contributed by atoms with Crippen molar-refractivity contribution in [3.63, 3.8) is 0 Å². The summed E-state index contributed by atoms with van der Waals surface area (Å²) in [5, 5.41) is 0. The van der Waals surface area contributed by atoms with Gasteiger partial charge >= 0.3 is 12.4 Å². The SMILES string of the molecule is COCCN(C)CC#CCN1CCO[C@@H](OCCc2cc(C(F)(F)F)cc(C(F)(F)F)c2)[C@@H]1c1ccccc1. The molecule has 3 rings (SSSR count). The van der Waals surface area contributed by atoms with Crippen molar-refractivity contribution in [2.75, 3.05) is 60.2 Å². The summed E-state index contributed by atoms with van der Waals surface area (Å²) in [6, 6.07) is 10.7. The van der Waals surface area contributed by atoms with Crippen molar-refractivity contribution in [1.29, 1.82) is 0 Å². The maximum atomic E-state index is 13.2. The number of nitrogens with zero attached hydrogens (tertiary/aromatic N) is 2. The summed E-state index contributed by atoms with van der Waals surface area (Å²) < 4.78 is 96.1. The van der Waals surface area contributed by atoms with Gasteiger partial charge in [0, 0.05) is 20.2 Å². The number of morpholine rings is 1. The standard InChI is InChI=1S/C28H32F6N2O3/c1-35(13-16-37-2)11-6-7-12-36-14-17-39-26(25(36)22-8-4-3-5-9-22)38-15-10-21-18-23(27(29,30)31)20-24(19-21)28(32,33)34/h3-5,8-9,18-20,25-26H,10-17H2,1-2H3/t25-,26+/m0/s1. The average molecular weight is 559 g/mol. The van der Waals surface area contributed by atoms with E-state index in [2.05, 4.69) is 16.7 Å². The van der Waals surface area contributed by atoms with Crippen LogP contribution in [0.15, 0.2) is 48.5 Å². The summed E-state index contributed by atoms with van der Waals surface area (Å²) in [5.41, 5.74) is -1.91. The summed E-state index contributed by atoms with van der Waals surface area (Å²) in [7, 11) is 3.58. The summed E-state index contributed by atoms with van der Waals surface area (Å²) in [4.78, 5) is 4.13. The highest BCUT2D eigenvalue weighted by atomic mass is 19.4. The molecule has 214 valence electrons. The molecule has 0 N–H and O–H groups in total. The lowest BCUT2D eigenvalue weighted by Gasteiger charge is -2.40. The number of hydrogen-bond donors (Lipinski definition) is 0. The molecule has 2 aromatic carbocycles. The number of alkyl halides is 6. The van der Waals surface area contributed by atoms with E-state index in [-0.39, 0.29) is 30.7 Å². The van der Waals surface area contributed by atoms with Gasteiger partial charge in [0.15, 0.2) is 6.29 Å². The van der Waals surface area contributed by atoms with E-state index in [1.54, 1.807) is 7.11 Å². The minimum Gasteiger partial charge on any atom is -0.383 e. The molecule has 0 radical (unpaired) electrons. The zero-order valence-electron chi connectivity index (χ0n) is 21.8. The zero-order valence-corrected chi connectivity index (χ0v) is 21.8. The van der Waals surface area contributed by atoms with Crippen LogP contribution in [-0.4, -0.2) is 76.2 Å². The fourth-order valence-electron chi connectivity index (χ4n) is 4.15. The van der Waals surface area contributed by atoms with Crippen molar-refractivity contribution >= 4 is 0 Å². The van der Waals surface area contributed by atoms with Gasteiger partial charge in [-0.15, -0.1) is 0 Å². The predicted octanol–water partition coefficient (Wildman–Crippen LogP) is 5.26. The van der Waals surface area contributed by atoms with Gasteiger partial charge in [-0.1, -0.05) is 42.2 Å². The Labute approximate surface area is 224 Å². The van der Waals surface area contributed by atoms with Crippen LogP contribution in [0.3, 0.4) is 0 Å². The third-order valence-corrected chi connectivity index (χ3v) is 6.21. The highest BCUT2D eigenvalue weighted by molar-refractivity contribution is 5.33. The summed E-state index contributed by atoms with van der Waals surface area (Å²) >= 11 is 0. The van der Waals surface area contributed by atoms with Crippen molar-refractivity contribution in [1.82, 2.24) is 9.80 Å². The average Bonchev–Trinajstić information content (AvgIpc) is 2.89. The second-order valence-corrected chi connectivity index (χ2v) is 9.18. The van der Waals surface area contributed by atoms with Crippen LogP contribution in [0.25, 0.3) is 0 Å². The first-order valence-corrected chi connectivity index (χ1v) is 12.4. The molecular formula is C28H32F6N2O3. The van der Waals surface area contributed by atoms with Gasteiger partial charge in [-0.05, 0) is 42.8 Å². The van der Waals surface area contributed by atoms with Gasteiger partial charge in [0.05, 0.1) is 50.1 Å². The van der Waals surface area contributed by atoms with E-state index >= 15 is 0 Å². The number of rotatable bonds is 10. The fraction of sp³-hybridized carbons (Fsp3) is 0.500. The number of methoxy groups -OCH3 is 1. The molecule has 0 aromatic heterocycles. The van der Waals surface area contributed by atoms with Gasteiger partial charge < -0.3 is 14.2 Å². The molecule has 1 aliphatic heterocycles. The van der Waals surface area contributed by atoms with Crippen molar-refractivity contribution in [2.45, 2.75) is 31.1 Å². The second-order valence-electron chi connectivity index (χ2n) is 9.18. The van der Waals surface area contributed by atoms with Gasteiger partial charge in [-0.2, -0.15) is 26.3 Å². The van der Waals surface area contributed by atoms with Crippen molar-refractivity contribution in [3.8, 4) is 11.8 Å². The molecule has 0 amide bonds. The Bertz CT molecular complexity index is 1070. The van der Waals surface area contributed by atoms with Crippen LogP contribution in [0.4, 0.5) is 26.3 Å². The Hall–Kier alpha value is -2.62. The number of likely N-dealkylation sites (N-methyl/N-ethyl adjacent to an activating group) is 1.